The number of rotatable bonds is 6. The number of carbonyl (C=O) groups excluding carboxylic acids is 1. The molecule has 3 aromatic rings. The third-order valence-corrected chi connectivity index (χ3v) is 6.13. The first-order valence-corrected chi connectivity index (χ1v) is 11.0. The van der Waals surface area contributed by atoms with Crippen molar-refractivity contribution in [1.29, 1.82) is 0 Å². The summed E-state index contributed by atoms with van der Waals surface area (Å²) in [5, 5.41) is 12.5. The first-order valence-electron chi connectivity index (χ1n) is 8.80. The van der Waals surface area contributed by atoms with Crippen molar-refractivity contribution in [3.63, 3.8) is 0 Å². The zero-order chi connectivity index (χ0) is 22.8. The van der Waals surface area contributed by atoms with E-state index in [0.29, 0.717) is 10.7 Å². The number of aryl methyl sites for hydroxylation is 1. The zero-order valence-electron chi connectivity index (χ0n) is 16.0. The molecule has 3 aromatic carbocycles. The minimum Gasteiger partial charge on any atom is -0.478 e. The molecule has 1 amide bonds. The van der Waals surface area contributed by atoms with Crippen molar-refractivity contribution in [2.24, 2.45) is 0 Å². The van der Waals surface area contributed by atoms with E-state index in [-0.39, 0.29) is 26.7 Å². The van der Waals surface area contributed by atoms with Crippen molar-refractivity contribution >= 4 is 56.5 Å². The largest absolute Gasteiger partial charge is 0.478 e. The predicted molar refractivity (Wildman–Crippen MR) is 120 cm³/mol. The van der Waals surface area contributed by atoms with Gasteiger partial charge in [0.1, 0.15) is 0 Å². The lowest BCUT2D eigenvalue weighted by atomic mass is 10.1. The number of anilines is 2. The maximum Gasteiger partial charge on any atom is 0.335 e. The van der Waals surface area contributed by atoms with E-state index in [0.717, 1.165) is 11.6 Å². The van der Waals surface area contributed by atoms with Crippen LogP contribution in [0, 0.1) is 6.92 Å². The Morgan fingerprint density at radius 3 is 2.26 bits per heavy atom. The second kappa shape index (κ2) is 8.97. The fourth-order valence-corrected chi connectivity index (χ4v) is 4.27. The molecule has 0 atom stereocenters. The van der Waals surface area contributed by atoms with Gasteiger partial charge in [-0.15, -0.1) is 0 Å². The standard InChI is InChI=1S/C21H16Cl2N2O5S/c1-12-9-14(22)6-8-18(12)24-20(26)17-7-5-15(23)11-19(17)25-31(29,30)16-4-2-3-13(10-16)21(27)28/h2-11,25H,1H3,(H,24,26)(H,27,28). The number of carboxylic acids is 1. The van der Waals surface area contributed by atoms with Gasteiger partial charge in [0.05, 0.1) is 21.7 Å². The lowest BCUT2D eigenvalue weighted by molar-refractivity contribution is 0.0696. The molecule has 0 heterocycles. The fourth-order valence-electron chi connectivity index (χ4n) is 2.76. The van der Waals surface area contributed by atoms with Crippen LogP contribution in [-0.2, 0) is 10.0 Å². The predicted octanol–water partition coefficient (Wildman–Crippen LogP) is 5.05. The SMILES string of the molecule is Cc1cc(Cl)ccc1NC(=O)c1ccc(Cl)cc1NS(=O)(=O)c1cccc(C(=O)O)c1. The summed E-state index contributed by atoms with van der Waals surface area (Å²) in [7, 11) is -4.20. The van der Waals surface area contributed by atoms with Gasteiger partial charge in [-0.25, -0.2) is 13.2 Å². The van der Waals surface area contributed by atoms with Crippen LogP contribution < -0.4 is 10.0 Å². The van der Waals surface area contributed by atoms with Crippen LogP contribution >= 0.6 is 23.2 Å². The van der Waals surface area contributed by atoms with Gasteiger partial charge in [0, 0.05) is 15.7 Å². The molecule has 0 saturated heterocycles. The van der Waals surface area contributed by atoms with Crippen molar-refractivity contribution in [2.75, 3.05) is 10.0 Å². The number of sulfonamides is 1. The van der Waals surface area contributed by atoms with Gasteiger partial charge in [0.15, 0.2) is 0 Å². The lowest BCUT2D eigenvalue weighted by Crippen LogP contribution is -2.19. The van der Waals surface area contributed by atoms with E-state index in [1.807, 2.05) is 0 Å². The van der Waals surface area contributed by atoms with Crippen LogP contribution in [0.4, 0.5) is 11.4 Å². The molecule has 7 nitrogen and oxygen atoms in total. The molecule has 0 fully saturated rings. The van der Waals surface area contributed by atoms with Crippen molar-refractivity contribution in [3.05, 3.63) is 87.4 Å². The van der Waals surface area contributed by atoms with Crippen LogP contribution in [0.5, 0.6) is 0 Å². The van der Waals surface area contributed by atoms with Crippen molar-refractivity contribution in [1.82, 2.24) is 0 Å². The Morgan fingerprint density at radius 2 is 1.58 bits per heavy atom. The second-order valence-electron chi connectivity index (χ2n) is 6.54. The molecule has 31 heavy (non-hydrogen) atoms. The van der Waals surface area contributed by atoms with Crippen LogP contribution in [-0.4, -0.2) is 25.4 Å². The molecule has 0 aliphatic rings. The van der Waals surface area contributed by atoms with E-state index in [2.05, 4.69) is 10.0 Å². The fraction of sp³-hybridized carbons (Fsp3) is 0.0476. The van der Waals surface area contributed by atoms with E-state index in [9.17, 15) is 18.0 Å². The minimum absolute atomic E-state index is 0.0247. The molecular weight excluding hydrogens is 463 g/mol. The molecule has 10 heteroatoms. The summed E-state index contributed by atoms with van der Waals surface area (Å²) >= 11 is 11.9. The Bertz CT molecular complexity index is 1290. The molecule has 3 N–H and O–H groups in total. The summed E-state index contributed by atoms with van der Waals surface area (Å²) in [5.74, 6) is -1.84. The number of halogens is 2. The molecule has 0 saturated carbocycles. The van der Waals surface area contributed by atoms with Gasteiger partial charge in [-0.2, -0.15) is 0 Å². The Kier molecular flexibility index (Phi) is 6.54. The van der Waals surface area contributed by atoms with Gasteiger partial charge < -0.3 is 10.4 Å². The highest BCUT2D eigenvalue weighted by Crippen LogP contribution is 2.27. The maximum absolute atomic E-state index is 12.8. The van der Waals surface area contributed by atoms with Gasteiger partial charge in [-0.3, -0.25) is 9.52 Å². The van der Waals surface area contributed by atoms with Crippen LogP contribution in [0.2, 0.25) is 10.0 Å². The topological polar surface area (TPSA) is 113 Å². The van der Waals surface area contributed by atoms with Gasteiger partial charge in [-0.1, -0.05) is 29.3 Å². The van der Waals surface area contributed by atoms with E-state index >= 15 is 0 Å². The van der Waals surface area contributed by atoms with Crippen LogP contribution in [0.1, 0.15) is 26.3 Å². The number of benzene rings is 3. The Hall–Kier alpha value is -3.07. The molecule has 0 aliphatic carbocycles. The second-order valence-corrected chi connectivity index (χ2v) is 9.10. The average Bonchev–Trinajstić information content (AvgIpc) is 2.70. The normalized spacial score (nSPS) is 11.1. The van der Waals surface area contributed by atoms with E-state index in [4.69, 9.17) is 28.3 Å². The van der Waals surface area contributed by atoms with Crippen LogP contribution in [0.15, 0.2) is 65.6 Å². The van der Waals surface area contributed by atoms with Gasteiger partial charge in [0.25, 0.3) is 15.9 Å². The summed E-state index contributed by atoms with van der Waals surface area (Å²) in [6.45, 7) is 1.77. The number of aromatic carboxylic acids is 1. The number of carboxylic acid groups (broad SMARTS) is 1. The van der Waals surface area contributed by atoms with Crippen LogP contribution in [0.3, 0.4) is 0 Å². The van der Waals surface area contributed by atoms with Crippen molar-refractivity contribution in [2.45, 2.75) is 11.8 Å². The minimum atomic E-state index is -4.20. The van der Waals surface area contributed by atoms with Crippen LogP contribution in [0.25, 0.3) is 0 Å². The number of carbonyl (C=O) groups is 2. The molecule has 0 aromatic heterocycles. The maximum atomic E-state index is 12.8. The average molecular weight is 479 g/mol. The molecule has 0 radical (unpaired) electrons. The van der Waals surface area contributed by atoms with E-state index in [1.54, 1.807) is 25.1 Å². The highest BCUT2D eigenvalue weighted by Gasteiger charge is 2.21. The first-order chi connectivity index (χ1) is 14.6. The highest BCUT2D eigenvalue weighted by atomic mass is 35.5. The number of nitrogens with one attached hydrogen (secondary N) is 2. The van der Waals surface area contributed by atoms with Gasteiger partial charge in [0.2, 0.25) is 0 Å². The summed E-state index contributed by atoms with van der Waals surface area (Å²) in [6.07, 6.45) is 0. The number of hydrogen-bond acceptors (Lipinski definition) is 4. The smallest absolute Gasteiger partial charge is 0.335 e. The first kappa shape index (κ1) is 22.6. The molecule has 160 valence electrons. The molecule has 0 aliphatic heterocycles. The summed E-state index contributed by atoms with van der Waals surface area (Å²) in [5.41, 5.74) is 1.01. The zero-order valence-corrected chi connectivity index (χ0v) is 18.3. The summed E-state index contributed by atoms with van der Waals surface area (Å²) in [6, 6.07) is 13.9. The Balaban J connectivity index is 1.95. The number of hydrogen-bond donors (Lipinski definition) is 3. The molecular formula is C21H16Cl2N2O5S. The van der Waals surface area contributed by atoms with Crippen molar-refractivity contribution < 1.29 is 23.1 Å². The van der Waals surface area contributed by atoms with E-state index in [1.165, 1.54) is 36.4 Å². The molecule has 0 spiro atoms. The Morgan fingerprint density at radius 1 is 0.903 bits per heavy atom. The third kappa shape index (κ3) is 5.35. The monoisotopic (exact) mass is 478 g/mol. The highest BCUT2D eigenvalue weighted by molar-refractivity contribution is 7.92. The van der Waals surface area contributed by atoms with E-state index < -0.39 is 21.9 Å². The van der Waals surface area contributed by atoms with Gasteiger partial charge in [-0.05, 0) is 67.1 Å². The summed E-state index contributed by atoms with van der Waals surface area (Å²) < 4.78 is 28.0. The molecule has 0 unspecified atom stereocenters. The van der Waals surface area contributed by atoms with Gasteiger partial charge >= 0.3 is 5.97 Å². The third-order valence-electron chi connectivity index (χ3n) is 4.30. The quantitative estimate of drug-likeness (QED) is 0.458. The Labute approximate surface area is 188 Å². The summed E-state index contributed by atoms with van der Waals surface area (Å²) in [4.78, 5) is 23.7. The lowest BCUT2D eigenvalue weighted by Gasteiger charge is -2.14. The number of amides is 1. The molecule has 3 rings (SSSR count). The van der Waals surface area contributed by atoms with Crippen molar-refractivity contribution in [3.8, 4) is 0 Å². The molecule has 0 bridgehead atoms.